The molecule has 0 amide bonds. The van der Waals surface area contributed by atoms with Gasteiger partial charge in [0.05, 0.1) is 11.8 Å². The number of hydrogen-bond acceptors (Lipinski definition) is 3. The first kappa shape index (κ1) is 9.65. The molecule has 0 spiro atoms. The van der Waals surface area contributed by atoms with Crippen molar-refractivity contribution < 1.29 is 9.18 Å². The van der Waals surface area contributed by atoms with E-state index in [0.29, 0.717) is 0 Å². The van der Waals surface area contributed by atoms with Gasteiger partial charge in [-0.15, -0.1) is 0 Å². The number of halogens is 1. The maximum atomic E-state index is 13.2. The summed E-state index contributed by atoms with van der Waals surface area (Å²) in [6.45, 7) is 0. The number of hydrogen-bond donors (Lipinski definition) is 0. The van der Waals surface area contributed by atoms with E-state index in [1.165, 1.54) is 12.3 Å². The molecule has 0 radical (unpaired) electrons. The second-order valence-electron chi connectivity index (χ2n) is 3.28. The predicted octanol–water partition coefficient (Wildman–Crippen LogP) is 2.16. The Bertz CT molecular complexity index is 350. The number of carbonyl (C=O) groups is 1. The zero-order chi connectivity index (χ0) is 9.97. The first-order chi connectivity index (χ1) is 6.79. The summed E-state index contributed by atoms with van der Waals surface area (Å²) < 4.78 is 13.2. The van der Waals surface area contributed by atoms with Crippen LogP contribution in [0.4, 0.5) is 4.39 Å². The molecule has 4 heteroatoms. The minimum absolute atomic E-state index is 0.00287. The molecular weight excluding hydrogens is 201 g/mol. The van der Waals surface area contributed by atoms with Gasteiger partial charge in [-0.05, 0) is 18.2 Å². The molecule has 14 heavy (non-hydrogen) atoms. The van der Waals surface area contributed by atoms with E-state index in [0.717, 1.165) is 24.1 Å². The molecule has 1 aliphatic heterocycles. The van der Waals surface area contributed by atoms with Crippen molar-refractivity contribution in [2.75, 3.05) is 11.5 Å². The van der Waals surface area contributed by atoms with Crippen LogP contribution in [0.5, 0.6) is 0 Å². The topological polar surface area (TPSA) is 30.0 Å². The molecule has 0 aliphatic carbocycles. The molecule has 1 aliphatic rings. The van der Waals surface area contributed by atoms with Crippen molar-refractivity contribution in [2.24, 2.45) is 5.92 Å². The molecule has 1 saturated heterocycles. The van der Waals surface area contributed by atoms with Gasteiger partial charge in [0, 0.05) is 17.9 Å². The molecule has 1 fully saturated rings. The van der Waals surface area contributed by atoms with Crippen LogP contribution < -0.4 is 0 Å². The third-order valence-corrected chi connectivity index (χ3v) is 3.50. The average Bonchev–Trinajstić information content (AvgIpc) is 2.70. The van der Waals surface area contributed by atoms with Gasteiger partial charge in [0.2, 0.25) is 0 Å². The quantitative estimate of drug-likeness (QED) is 0.702. The lowest BCUT2D eigenvalue weighted by Gasteiger charge is -2.06. The molecule has 1 aromatic heterocycles. The maximum absolute atomic E-state index is 13.2. The van der Waals surface area contributed by atoms with E-state index in [1.54, 1.807) is 11.8 Å². The summed E-state index contributed by atoms with van der Waals surface area (Å²) in [6, 6.07) is 1.46. The third kappa shape index (κ3) is 1.80. The first-order valence-corrected chi connectivity index (χ1v) is 5.66. The molecule has 1 unspecified atom stereocenters. The number of aromatic nitrogens is 1. The van der Waals surface area contributed by atoms with Crippen LogP contribution in [-0.2, 0) is 0 Å². The van der Waals surface area contributed by atoms with E-state index in [1.807, 2.05) is 0 Å². The van der Waals surface area contributed by atoms with Crippen LogP contribution in [0.2, 0.25) is 0 Å². The highest BCUT2D eigenvalue weighted by Gasteiger charge is 2.25. The number of carbonyl (C=O) groups excluding carboxylic acids is 1. The van der Waals surface area contributed by atoms with Gasteiger partial charge in [0.15, 0.2) is 11.6 Å². The monoisotopic (exact) mass is 211 g/mol. The van der Waals surface area contributed by atoms with Crippen molar-refractivity contribution in [3.05, 3.63) is 29.8 Å². The zero-order valence-electron chi connectivity index (χ0n) is 7.57. The SMILES string of the molecule is O=C(c1ccncc1F)C1CCSC1. The highest BCUT2D eigenvalue weighted by Crippen LogP contribution is 2.27. The van der Waals surface area contributed by atoms with Gasteiger partial charge in [-0.1, -0.05) is 0 Å². The van der Waals surface area contributed by atoms with Crippen LogP contribution in [-0.4, -0.2) is 22.3 Å². The number of Topliss-reactive ketones (excluding diaryl/α,β-unsaturated/α-hetero) is 1. The van der Waals surface area contributed by atoms with E-state index >= 15 is 0 Å². The minimum Gasteiger partial charge on any atom is -0.294 e. The summed E-state index contributed by atoms with van der Waals surface area (Å²) in [4.78, 5) is 15.4. The van der Waals surface area contributed by atoms with Gasteiger partial charge < -0.3 is 0 Å². The fourth-order valence-electron chi connectivity index (χ4n) is 1.54. The molecule has 2 rings (SSSR count). The standard InChI is InChI=1S/C10H10FNOS/c11-9-5-12-3-1-8(9)10(13)7-2-4-14-6-7/h1,3,5,7H,2,4,6H2. The molecular formula is C10H10FNOS. The largest absolute Gasteiger partial charge is 0.294 e. The Morgan fingerprint density at radius 2 is 2.50 bits per heavy atom. The first-order valence-electron chi connectivity index (χ1n) is 4.50. The molecule has 1 atom stereocenters. The molecule has 2 heterocycles. The van der Waals surface area contributed by atoms with Crippen LogP contribution in [0.15, 0.2) is 18.5 Å². The predicted molar refractivity (Wildman–Crippen MR) is 54.0 cm³/mol. The van der Waals surface area contributed by atoms with Gasteiger partial charge in [-0.2, -0.15) is 11.8 Å². The highest BCUT2D eigenvalue weighted by atomic mass is 32.2. The molecule has 1 aromatic rings. The van der Waals surface area contributed by atoms with E-state index in [4.69, 9.17) is 0 Å². The Kier molecular flexibility index (Phi) is 2.82. The number of rotatable bonds is 2. The normalized spacial score (nSPS) is 21.1. The lowest BCUT2D eigenvalue weighted by molar-refractivity contribution is 0.0929. The van der Waals surface area contributed by atoms with Gasteiger partial charge >= 0.3 is 0 Å². The fraction of sp³-hybridized carbons (Fsp3) is 0.400. The summed E-state index contributed by atoms with van der Waals surface area (Å²) in [7, 11) is 0. The van der Waals surface area contributed by atoms with Gasteiger partial charge in [-0.3, -0.25) is 9.78 Å². The Morgan fingerprint density at radius 1 is 1.64 bits per heavy atom. The Hall–Kier alpha value is -0.900. The molecule has 0 N–H and O–H groups in total. The Balaban J connectivity index is 2.22. The number of nitrogens with zero attached hydrogens (tertiary/aromatic N) is 1. The smallest absolute Gasteiger partial charge is 0.169 e. The van der Waals surface area contributed by atoms with Gasteiger partial charge in [-0.25, -0.2) is 4.39 Å². The van der Waals surface area contributed by atoms with Crippen molar-refractivity contribution in [2.45, 2.75) is 6.42 Å². The van der Waals surface area contributed by atoms with Gasteiger partial charge in [0.25, 0.3) is 0 Å². The summed E-state index contributed by atoms with van der Waals surface area (Å²) in [6.07, 6.45) is 3.42. The van der Waals surface area contributed by atoms with Crippen LogP contribution >= 0.6 is 11.8 Å². The van der Waals surface area contributed by atoms with Crippen LogP contribution in [0, 0.1) is 11.7 Å². The van der Waals surface area contributed by atoms with Crippen molar-refractivity contribution in [1.29, 1.82) is 0 Å². The molecule has 0 aromatic carbocycles. The van der Waals surface area contributed by atoms with E-state index in [9.17, 15) is 9.18 Å². The van der Waals surface area contributed by atoms with E-state index in [2.05, 4.69) is 4.98 Å². The Morgan fingerprint density at radius 3 is 3.14 bits per heavy atom. The number of pyridine rings is 1. The molecule has 0 saturated carbocycles. The summed E-state index contributed by atoms with van der Waals surface area (Å²) in [5.41, 5.74) is 0.188. The summed E-state index contributed by atoms with van der Waals surface area (Å²) in [5.74, 6) is 1.24. The third-order valence-electron chi connectivity index (χ3n) is 2.34. The van der Waals surface area contributed by atoms with Crippen molar-refractivity contribution in [1.82, 2.24) is 4.98 Å². The highest BCUT2D eigenvalue weighted by molar-refractivity contribution is 7.99. The molecule has 2 nitrogen and oxygen atoms in total. The van der Waals surface area contributed by atoms with Crippen molar-refractivity contribution in [3.8, 4) is 0 Å². The zero-order valence-corrected chi connectivity index (χ0v) is 8.39. The second kappa shape index (κ2) is 4.09. The fourth-order valence-corrected chi connectivity index (χ4v) is 2.76. The second-order valence-corrected chi connectivity index (χ2v) is 4.43. The minimum atomic E-state index is -0.505. The van der Waals surface area contributed by atoms with Crippen LogP contribution in [0.25, 0.3) is 0 Å². The van der Waals surface area contributed by atoms with E-state index in [-0.39, 0.29) is 17.3 Å². The average molecular weight is 211 g/mol. The summed E-state index contributed by atoms with van der Waals surface area (Å²) >= 11 is 1.75. The van der Waals surface area contributed by atoms with Crippen LogP contribution in [0.1, 0.15) is 16.8 Å². The van der Waals surface area contributed by atoms with Crippen LogP contribution in [0.3, 0.4) is 0 Å². The van der Waals surface area contributed by atoms with Gasteiger partial charge in [0.1, 0.15) is 0 Å². The lowest BCUT2D eigenvalue weighted by Crippen LogP contribution is -2.15. The Labute approximate surface area is 85.9 Å². The molecule has 74 valence electrons. The number of thioether (sulfide) groups is 1. The lowest BCUT2D eigenvalue weighted by atomic mass is 9.98. The van der Waals surface area contributed by atoms with Crippen molar-refractivity contribution >= 4 is 17.5 Å². The van der Waals surface area contributed by atoms with Crippen molar-refractivity contribution in [3.63, 3.8) is 0 Å². The molecule has 0 bridgehead atoms. The summed E-state index contributed by atoms with van der Waals surface area (Å²) in [5, 5.41) is 0. The van der Waals surface area contributed by atoms with E-state index < -0.39 is 5.82 Å². The number of ketones is 1. The maximum Gasteiger partial charge on any atom is 0.169 e.